The van der Waals surface area contributed by atoms with E-state index in [2.05, 4.69) is 10.3 Å². The van der Waals surface area contributed by atoms with Gasteiger partial charge >= 0.3 is 5.97 Å². The lowest BCUT2D eigenvalue weighted by Crippen LogP contribution is -2.35. The summed E-state index contributed by atoms with van der Waals surface area (Å²) in [6.07, 6.45) is 0.380. The van der Waals surface area contributed by atoms with E-state index in [1.54, 1.807) is 0 Å². The van der Waals surface area contributed by atoms with E-state index < -0.39 is 11.9 Å². The Morgan fingerprint density at radius 2 is 2.04 bits per heavy atom. The highest BCUT2D eigenvalue weighted by atomic mass is 32.1. The van der Waals surface area contributed by atoms with E-state index in [0.29, 0.717) is 22.5 Å². The summed E-state index contributed by atoms with van der Waals surface area (Å²) < 4.78 is 1.37. The Bertz CT molecular complexity index is 822. The maximum Gasteiger partial charge on any atom is 0.305 e. The smallest absolute Gasteiger partial charge is 0.305 e. The van der Waals surface area contributed by atoms with Crippen molar-refractivity contribution in [2.45, 2.75) is 40.2 Å². The second-order valence-corrected chi connectivity index (χ2v) is 6.43. The van der Waals surface area contributed by atoms with Gasteiger partial charge in [-0.1, -0.05) is 6.92 Å². The zero-order chi connectivity index (χ0) is 17.1. The summed E-state index contributed by atoms with van der Waals surface area (Å²) in [7, 11) is 0. The number of amides is 1. The van der Waals surface area contributed by atoms with Crippen LogP contribution in [0.5, 0.6) is 0 Å². The van der Waals surface area contributed by atoms with E-state index in [0.717, 1.165) is 10.4 Å². The van der Waals surface area contributed by atoms with Gasteiger partial charge in [0.2, 0.25) is 5.91 Å². The number of hydrogen-bond acceptors (Lipinski definition) is 5. The lowest BCUT2D eigenvalue weighted by Gasteiger charge is -2.11. The Hall–Kier alpha value is -2.22. The van der Waals surface area contributed by atoms with Crippen LogP contribution in [0.1, 0.15) is 29.6 Å². The van der Waals surface area contributed by atoms with Crippen LogP contribution >= 0.6 is 11.3 Å². The summed E-state index contributed by atoms with van der Waals surface area (Å²) in [5, 5.41) is 11.6. The van der Waals surface area contributed by atoms with Gasteiger partial charge in [-0.25, -0.2) is 4.98 Å². The van der Waals surface area contributed by atoms with Gasteiger partial charge in [-0.3, -0.25) is 19.0 Å². The van der Waals surface area contributed by atoms with Crippen molar-refractivity contribution >= 4 is 33.4 Å². The molecule has 0 unspecified atom stereocenters. The maximum atomic E-state index is 12.7. The van der Waals surface area contributed by atoms with Gasteiger partial charge < -0.3 is 10.4 Å². The highest BCUT2D eigenvalue weighted by Gasteiger charge is 2.17. The molecule has 2 N–H and O–H groups in total. The van der Waals surface area contributed by atoms with Gasteiger partial charge in [-0.2, -0.15) is 0 Å². The first-order chi connectivity index (χ1) is 10.8. The summed E-state index contributed by atoms with van der Waals surface area (Å²) >= 11 is 1.48. The third-order valence-corrected chi connectivity index (χ3v) is 4.75. The van der Waals surface area contributed by atoms with Gasteiger partial charge in [0.25, 0.3) is 5.56 Å². The fourth-order valence-corrected chi connectivity index (χ4v) is 3.35. The van der Waals surface area contributed by atoms with Gasteiger partial charge in [0.05, 0.1) is 11.8 Å². The highest BCUT2D eigenvalue weighted by Crippen LogP contribution is 2.26. The Morgan fingerprint density at radius 3 is 2.65 bits per heavy atom. The summed E-state index contributed by atoms with van der Waals surface area (Å²) in [5.41, 5.74) is 0.673. The van der Waals surface area contributed by atoms with Crippen LogP contribution in [-0.2, 0) is 22.6 Å². The standard InChI is InChI=1S/C15H19N3O4S/c1-4-10-17-14-13(8(2)9(3)23-14)15(22)18(10)7-11(19)16-6-5-12(20)21/h4-7H2,1-3H3,(H,16,19)(H,20,21). The van der Waals surface area contributed by atoms with Crippen molar-refractivity contribution in [3.05, 3.63) is 26.6 Å². The fraction of sp³-hybridized carbons (Fsp3) is 0.467. The number of aliphatic carboxylic acids is 1. The third-order valence-electron chi connectivity index (χ3n) is 3.65. The number of carboxylic acids is 1. The molecule has 0 saturated carbocycles. The lowest BCUT2D eigenvalue weighted by atomic mass is 10.2. The van der Waals surface area contributed by atoms with Crippen molar-refractivity contribution in [1.82, 2.24) is 14.9 Å². The minimum Gasteiger partial charge on any atom is -0.481 e. The van der Waals surface area contributed by atoms with Crippen LogP contribution < -0.4 is 10.9 Å². The largest absolute Gasteiger partial charge is 0.481 e. The molecule has 7 nitrogen and oxygen atoms in total. The van der Waals surface area contributed by atoms with E-state index in [9.17, 15) is 14.4 Å². The van der Waals surface area contributed by atoms with Gasteiger partial charge in [0.1, 0.15) is 17.2 Å². The number of hydrogen-bond donors (Lipinski definition) is 2. The number of nitrogens with one attached hydrogen (secondary N) is 1. The number of aromatic nitrogens is 2. The van der Waals surface area contributed by atoms with Crippen molar-refractivity contribution in [1.29, 1.82) is 0 Å². The van der Waals surface area contributed by atoms with Crippen molar-refractivity contribution in [2.24, 2.45) is 0 Å². The average molecular weight is 337 g/mol. The van der Waals surface area contributed by atoms with Crippen LogP contribution in [0.2, 0.25) is 0 Å². The van der Waals surface area contributed by atoms with E-state index >= 15 is 0 Å². The van der Waals surface area contributed by atoms with Crippen LogP contribution in [0.3, 0.4) is 0 Å². The predicted octanol–water partition coefficient (Wildman–Crippen LogP) is 1.23. The van der Waals surface area contributed by atoms with Gasteiger partial charge in [-0.15, -0.1) is 11.3 Å². The summed E-state index contributed by atoms with van der Waals surface area (Å²) in [6, 6.07) is 0. The Balaban J connectivity index is 2.34. The first-order valence-electron chi connectivity index (χ1n) is 7.33. The van der Waals surface area contributed by atoms with Crippen LogP contribution in [0, 0.1) is 13.8 Å². The molecule has 0 aliphatic rings. The van der Waals surface area contributed by atoms with Crippen molar-refractivity contribution in [3.8, 4) is 0 Å². The van der Waals surface area contributed by atoms with Crippen LogP contribution in [-0.4, -0.2) is 33.1 Å². The molecule has 0 fully saturated rings. The molecule has 2 heterocycles. The molecular formula is C15H19N3O4S. The molecule has 8 heteroatoms. The normalized spacial score (nSPS) is 10.9. The SMILES string of the molecule is CCc1nc2sc(C)c(C)c2c(=O)n1CC(=O)NCCC(=O)O. The summed E-state index contributed by atoms with van der Waals surface area (Å²) in [4.78, 5) is 41.4. The molecule has 0 atom stereocenters. The molecule has 124 valence electrons. The topological polar surface area (TPSA) is 101 Å². The molecule has 0 aliphatic heterocycles. The number of fused-ring (bicyclic) bond motifs is 1. The Morgan fingerprint density at radius 1 is 1.35 bits per heavy atom. The molecule has 23 heavy (non-hydrogen) atoms. The van der Waals surface area contributed by atoms with Crippen molar-refractivity contribution in [2.75, 3.05) is 6.54 Å². The average Bonchev–Trinajstić information content (AvgIpc) is 2.76. The number of carboxylic acid groups (broad SMARTS) is 1. The molecule has 2 rings (SSSR count). The fourth-order valence-electron chi connectivity index (χ4n) is 2.31. The first kappa shape index (κ1) is 17.1. The van der Waals surface area contributed by atoms with Crippen LogP contribution in [0.15, 0.2) is 4.79 Å². The second kappa shape index (κ2) is 6.91. The molecule has 2 aromatic heterocycles. The summed E-state index contributed by atoms with van der Waals surface area (Å²) in [5.74, 6) is -0.824. The number of nitrogens with zero attached hydrogens (tertiary/aromatic N) is 2. The van der Waals surface area contributed by atoms with E-state index in [4.69, 9.17) is 5.11 Å². The van der Waals surface area contributed by atoms with Crippen LogP contribution in [0.4, 0.5) is 0 Å². The minimum absolute atomic E-state index is 0.0383. The summed E-state index contributed by atoms with van der Waals surface area (Å²) in [6.45, 7) is 5.57. The number of carbonyl (C=O) groups excluding carboxylic acids is 1. The van der Waals surface area contributed by atoms with Crippen molar-refractivity contribution < 1.29 is 14.7 Å². The molecular weight excluding hydrogens is 318 g/mol. The molecule has 0 radical (unpaired) electrons. The van der Waals surface area contributed by atoms with Gasteiger partial charge in [0, 0.05) is 17.8 Å². The highest BCUT2D eigenvalue weighted by molar-refractivity contribution is 7.18. The second-order valence-electron chi connectivity index (χ2n) is 5.23. The molecule has 0 bridgehead atoms. The molecule has 0 saturated heterocycles. The number of aryl methyl sites for hydroxylation is 3. The van der Waals surface area contributed by atoms with Crippen LogP contribution in [0.25, 0.3) is 10.2 Å². The van der Waals surface area contributed by atoms with Gasteiger partial charge in [-0.05, 0) is 19.4 Å². The zero-order valence-corrected chi connectivity index (χ0v) is 14.1. The molecule has 1 amide bonds. The number of carbonyl (C=O) groups is 2. The minimum atomic E-state index is -0.982. The monoisotopic (exact) mass is 337 g/mol. The lowest BCUT2D eigenvalue weighted by molar-refractivity contribution is -0.136. The number of thiophene rings is 1. The van der Waals surface area contributed by atoms with E-state index in [1.165, 1.54) is 15.9 Å². The third kappa shape index (κ3) is 3.58. The maximum absolute atomic E-state index is 12.7. The van der Waals surface area contributed by atoms with Crippen molar-refractivity contribution in [3.63, 3.8) is 0 Å². The quantitative estimate of drug-likeness (QED) is 0.825. The van der Waals surface area contributed by atoms with E-state index in [1.807, 2.05) is 20.8 Å². The Kier molecular flexibility index (Phi) is 5.15. The molecule has 0 aromatic carbocycles. The predicted molar refractivity (Wildman–Crippen MR) is 88.0 cm³/mol. The first-order valence-corrected chi connectivity index (χ1v) is 8.14. The molecule has 2 aromatic rings. The molecule has 0 aliphatic carbocycles. The van der Waals surface area contributed by atoms with Gasteiger partial charge in [0.15, 0.2) is 0 Å². The van der Waals surface area contributed by atoms with E-state index in [-0.39, 0.29) is 25.1 Å². The zero-order valence-electron chi connectivity index (χ0n) is 13.3. The molecule has 0 spiro atoms. The number of rotatable bonds is 6. The Labute approximate surface area is 137 Å².